The Morgan fingerprint density at radius 2 is 1.91 bits per heavy atom. The Hall–Kier alpha value is 0.830. The molecule has 11 heavy (non-hydrogen) atoms. The number of alkyl halides is 2. The lowest BCUT2D eigenvalue weighted by Crippen LogP contribution is -2.13. The fourth-order valence-electron chi connectivity index (χ4n) is 0.0630. The van der Waals surface area contributed by atoms with E-state index in [4.69, 9.17) is 10.3 Å². The Morgan fingerprint density at radius 1 is 1.64 bits per heavy atom. The zero-order chi connectivity index (χ0) is 9.49. The van der Waals surface area contributed by atoms with Gasteiger partial charge >= 0.3 is 0 Å². The molecule has 0 fully saturated rings. The second-order valence-corrected chi connectivity index (χ2v) is 5.13. The topological polar surface area (TPSA) is 80.4 Å². The van der Waals surface area contributed by atoms with Crippen molar-refractivity contribution in [3.63, 3.8) is 0 Å². The molecule has 0 bridgehead atoms. The molecule has 0 aromatic heterocycles. The third kappa shape index (κ3) is 36.2. The van der Waals surface area contributed by atoms with Gasteiger partial charge in [-0.1, -0.05) is 31.9 Å². The standard InChI is InChI=1S/C3H7Br2N.CH4O3S/c4-1-3(5)2-6;1-5(2,3)4/h3H,1-2,6H2;1H3,(H,2,3,4). The molecule has 1 atom stereocenters. The van der Waals surface area contributed by atoms with E-state index in [2.05, 4.69) is 31.9 Å². The zero-order valence-corrected chi connectivity index (χ0v) is 9.99. The Bertz CT molecular complexity index is 158. The first kappa shape index (κ1) is 14.4. The van der Waals surface area contributed by atoms with Crippen molar-refractivity contribution < 1.29 is 13.0 Å². The van der Waals surface area contributed by atoms with Crippen molar-refractivity contribution in [2.45, 2.75) is 4.83 Å². The van der Waals surface area contributed by atoms with Gasteiger partial charge < -0.3 is 5.73 Å². The number of hydrogen-bond donors (Lipinski definition) is 2. The Kier molecular flexibility index (Phi) is 9.76. The summed E-state index contributed by atoms with van der Waals surface area (Å²) in [5, 5.41) is 0.934. The summed E-state index contributed by atoms with van der Waals surface area (Å²) in [6, 6.07) is 0. The highest BCUT2D eigenvalue weighted by atomic mass is 79.9. The van der Waals surface area contributed by atoms with Crippen LogP contribution in [0.4, 0.5) is 0 Å². The van der Waals surface area contributed by atoms with Gasteiger partial charge in [-0.15, -0.1) is 0 Å². The van der Waals surface area contributed by atoms with Crippen LogP contribution in [0.2, 0.25) is 0 Å². The molecular weight excluding hydrogens is 302 g/mol. The fraction of sp³-hybridized carbons (Fsp3) is 1.00. The monoisotopic (exact) mass is 311 g/mol. The minimum Gasteiger partial charge on any atom is -0.329 e. The van der Waals surface area contributed by atoms with E-state index in [1.54, 1.807) is 0 Å². The molecule has 0 rings (SSSR count). The lowest BCUT2D eigenvalue weighted by atomic mass is 10.5. The van der Waals surface area contributed by atoms with Crippen LogP contribution in [0.1, 0.15) is 0 Å². The molecule has 0 aromatic rings. The van der Waals surface area contributed by atoms with Gasteiger partial charge in [0.25, 0.3) is 10.1 Å². The minimum absolute atomic E-state index is 0.442. The van der Waals surface area contributed by atoms with Crippen molar-refractivity contribution in [3.05, 3.63) is 0 Å². The van der Waals surface area contributed by atoms with Crippen LogP contribution >= 0.6 is 31.9 Å². The van der Waals surface area contributed by atoms with E-state index in [0.717, 1.165) is 5.33 Å². The molecule has 0 aliphatic carbocycles. The molecule has 0 aliphatic heterocycles. The van der Waals surface area contributed by atoms with E-state index in [1.165, 1.54) is 0 Å². The second kappa shape index (κ2) is 7.48. The smallest absolute Gasteiger partial charge is 0.261 e. The van der Waals surface area contributed by atoms with Crippen molar-refractivity contribution in [2.75, 3.05) is 18.1 Å². The van der Waals surface area contributed by atoms with Crippen LogP contribution in [0, 0.1) is 0 Å². The van der Waals surface area contributed by atoms with Crippen LogP contribution in [-0.2, 0) is 10.1 Å². The van der Waals surface area contributed by atoms with Gasteiger partial charge in [0.15, 0.2) is 0 Å². The van der Waals surface area contributed by atoms with Crippen LogP contribution < -0.4 is 5.73 Å². The van der Waals surface area contributed by atoms with Crippen molar-refractivity contribution in [3.8, 4) is 0 Å². The first-order valence-corrected chi connectivity index (χ1v) is 6.52. The van der Waals surface area contributed by atoms with E-state index >= 15 is 0 Å². The first-order chi connectivity index (χ1) is 4.81. The van der Waals surface area contributed by atoms with Crippen molar-refractivity contribution in [1.82, 2.24) is 0 Å². The molecule has 0 aromatic carbocycles. The molecule has 7 heteroatoms. The van der Waals surface area contributed by atoms with Gasteiger partial charge in [0.2, 0.25) is 0 Å². The molecule has 0 amide bonds. The van der Waals surface area contributed by atoms with Gasteiger partial charge in [-0.25, -0.2) is 0 Å². The van der Waals surface area contributed by atoms with Crippen molar-refractivity contribution >= 4 is 42.0 Å². The molecule has 3 N–H and O–H groups in total. The van der Waals surface area contributed by atoms with Crippen molar-refractivity contribution in [2.24, 2.45) is 5.73 Å². The molecule has 70 valence electrons. The molecule has 0 saturated heterocycles. The largest absolute Gasteiger partial charge is 0.329 e. The lowest BCUT2D eigenvalue weighted by Gasteiger charge is -1.95. The number of rotatable bonds is 2. The van der Waals surface area contributed by atoms with Crippen molar-refractivity contribution in [1.29, 1.82) is 0 Å². The predicted octanol–water partition coefficient (Wildman–Crippen LogP) is 0.608. The molecule has 0 saturated carbocycles. The maximum Gasteiger partial charge on any atom is 0.261 e. The summed E-state index contributed by atoms with van der Waals surface area (Å²) in [4.78, 5) is 0.442. The number of halogens is 2. The van der Waals surface area contributed by atoms with E-state index < -0.39 is 10.1 Å². The SMILES string of the molecule is CS(=O)(=O)O.NCC(Br)CBr. The fourth-order valence-corrected chi connectivity index (χ4v) is 0.327. The normalized spacial score (nSPS) is 13.2. The molecule has 0 aliphatic rings. The average molecular weight is 313 g/mol. The van der Waals surface area contributed by atoms with Crippen LogP contribution in [0.5, 0.6) is 0 Å². The summed E-state index contributed by atoms with van der Waals surface area (Å²) < 4.78 is 25.9. The quantitative estimate of drug-likeness (QED) is 0.578. The summed E-state index contributed by atoms with van der Waals surface area (Å²) in [5.74, 6) is 0. The third-order valence-electron chi connectivity index (χ3n) is 0.423. The van der Waals surface area contributed by atoms with Gasteiger partial charge in [0.05, 0.1) is 6.26 Å². The van der Waals surface area contributed by atoms with E-state index in [9.17, 15) is 8.42 Å². The molecule has 4 nitrogen and oxygen atoms in total. The molecule has 0 heterocycles. The number of hydrogen-bond acceptors (Lipinski definition) is 3. The van der Waals surface area contributed by atoms with E-state index in [-0.39, 0.29) is 0 Å². The summed E-state index contributed by atoms with van der Waals surface area (Å²) in [6.45, 7) is 0.700. The van der Waals surface area contributed by atoms with Gasteiger partial charge in [-0.2, -0.15) is 8.42 Å². The minimum atomic E-state index is -3.67. The van der Waals surface area contributed by atoms with Gasteiger partial charge in [-0.05, 0) is 0 Å². The molecular formula is C4H11Br2NO3S. The lowest BCUT2D eigenvalue weighted by molar-refractivity contribution is 0.490. The summed E-state index contributed by atoms with van der Waals surface area (Å²) in [5.41, 5.74) is 5.21. The Morgan fingerprint density at radius 3 is 1.91 bits per heavy atom. The summed E-state index contributed by atoms with van der Waals surface area (Å²) >= 11 is 6.55. The van der Waals surface area contributed by atoms with Gasteiger partial charge in [-0.3, -0.25) is 4.55 Å². The highest BCUT2D eigenvalue weighted by Crippen LogP contribution is 1.98. The van der Waals surface area contributed by atoms with E-state index in [1.807, 2.05) is 0 Å². The van der Waals surface area contributed by atoms with Gasteiger partial charge in [0, 0.05) is 16.7 Å². The highest BCUT2D eigenvalue weighted by molar-refractivity contribution is 9.12. The predicted molar refractivity (Wildman–Crippen MR) is 53.0 cm³/mol. The Balaban J connectivity index is 0. The van der Waals surface area contributed by atoms with Crippen LogP contribution in [0.25, 0.3) is 0 Å². The summed E-state index contributed by atoms with van der Waals surface area (Å²) in [6.07, 6.45) is 0.715. The Labute approximate surface area is 83.5 Å². The molecule has 0 spiro atoms. The number of nitrogens with two attached hydrogens (primary N) is 1. The van der Waals surface area contributed by atoms with Gasteiger partial charge in [0.1, 0.15) is 0 Å². The average Bonchev–Trinajstić information content (AvgIpc) is 1.83. The first-order valence-electron chi connectivity index (χ1n) is 2.63. The zero-order valence-electron chi connectivity index (χ0n) is 6.00. The maximum atomic E-state index is 9.19. The van der Waals surface area contributed by atoms with Crippen LogP contribution in [-0.4, -0.2) is 35.9 Å². The van der Waals surface area contributed by atoms with E-state index in [0.29, 0.717) is 17.6 Å². The molecule has 1 unspecified atom stereocenters. The van der Waals surface area contributed by atoms with Crippen LogP contribution in [0.15, 0.2) is 0 Å². The third-order valence-corrected chi connectivity index (χ3v) is 2.77. The second-order valence-electron chi connectivity index (χ2n) is 1.72. The van der Waals surface area contributed by atoms with Crippen LogP contribution in [0.3, 0.4) is 0 Å². The maximum absolute atomic E-state index is 9.19. The summed E-state index contributed by atoms with van der Waals surface area (Å²) in [7, 11) is -3.67. The highest BCUT2D eigenvalue weighted by Gasteiger charge is 1.93. The molecule has 0 radical (unpaired) electrons.